The minimum atomic E-state index is -0.591. The van der Waals surface area contributed by atoms with Crippen LogP contribution < -0.4 is 10.6 Å². The average Bonchev–Trinajstić information content (AvgIpc) is 3.00. The summed E-state index contributed by atoms with van der Waals surface area (Å²) in [7, 11) is 0. The largest absolute Gasteiger partial charge is 0.494 e. The van der Waals surface area contributed by atoms with Gasteiger partial charge in [-0.1, -0.05) is 35.9 Å². The summed E-state index contributed by atoms with van der Waals surface area (Å²) < 4.78 is 1.39. The number of H-pyrrole nitrogens is 1. The number of hydrogen-bond acceptors (Lipinski definition) is 5. The van der Waals surface area contributed by atoms with Gasteiger partial charge < -0.3 is 5.11 Å². The number of benzene rings is 2. The van der Waals surface area contributed by atoms with Crippen LogP contribution in [0.3, 0.4) is 0 Å². The number of aromatic amines is 1. The SMILES string of the molecule is CC1=NN(c2ccc(C)cc2)C(=O)/C1=C/c1c(O)n(-c2ccccc2)c(=S)[nH]c1=O. The van der Waals surface area contributed by atoms with Crippen molar-refractivity contribution in [1.82, 2.24) is 9.55 Å². The molecule has 0 saturated carbocycles. The zero-order valence-corrected chi connectivity index (χ0v) is 17.1. The van der Waals surface area contributed by atoms with Crippen LogP contribution in [0.5, 0.6) is 5.88 Å². The normalized spacial score (nSPS) is 15.0. The molecule has 1 aliphatic rings. The van der Waals surface area contributed by atoms with Crippen molar-refractivity contribution in [2.24, 2.45) is 5.10 Å². The summed E-state index contributed by atoms with van der Waals surface area (Å²) >= 11 is 5.22. The number of rotatable bonds is 3. The molecule has 1 aromatic heterocycles. The molecular formula is C22H18N4O3S. The number of para-hydroxylation sites is 1. The summed E-state index contributed by atoms with van der Waals surface area (Å²) in [5, 5.41) is 16.4. The van der Waals surface area contributed by atoms with Crippen LogP contribution in [-0.2, 0) is 4.79 Å². The quantitative estimate of drug-likeness (QED) is 0.501. The van der Waals surface area contributed by atoms with Crippen LogP contribution in [0.2, 0.25) is 0 Å². The van der Waals surface area contributed by atoms with Gasteiger partial charge in [0.15, 0.2) is 4.77 Å². The number of aryl methyl sites for hydroxylation is 1. The number of carbonyl (C=O) groups excluding carboxylic acids is 1. The number of nitrogens with zero attached hydrogens (tertiary/aromatic N) is 3. The maximum atomic E-state index is 13.0. The molecule has 1 amide bonds. The monoisotopic (exact) mass is 418 g/mol. The lowest BCUT2D eigenvalue weighted by atomic mass is 10.1. The zero-order valence-electron chi connectivity index (χ0n) is 16.3. The van der Waals surface area contributed by atoms with Crippen LogP contribution in [0.4, 0.5) is 5.69 Å². The highest BCUT2D eigenvalue weighted by molar-refractivity contribution is 7.71. The fourth-order valence-electron chi connectivity index (χ4n) is 3.17. The van der Waals surface area contributed by atoms with Crippen LogP contribution in [0.1, 0.15) is 18.1 Å². The minimum absolute atomic E-state index is 0.0512. The molecular weight excluding hydrogens is 400 g/mol. The van der Waals surface area contributed by atoms with E-state index in [1.807, 2.05) is 25.1 Å². The van der Waals surface area contributed by atoms with Crippen molar-refractivity contribution < 1.29 is 9.90 Å². The zero-order chi connectivity index (χ0) is 21.4. The number of hydrogen-bond donors (Lipinski definition) is 2. The van der Waals surface area contributed by atoms with E-state index in [1.54, 1.807) is 43.3 Å². The summed E-state index contributed by atoms with van der Waals surface area (Å²) in [5.41, 5.74) is 2.25. The van der Waals surface area contributed by atoms with Crippen LogP contribution in [0.15, 0.2) is 70.1 Å². The topological polar surface area (TPSA) is 90.7 Å². The maximum Gasteiger partial charge on any atom is 0.280 e. The number of aromatic nitrogens is 2. The maximum absolute atomic E-state index is 13.0. The lowest BCUT2D eigenvalue weighted by Crippen LogP contribution is -2.22. The second-order valence-electron chi connectivity index (χ2n) is 6.86. The van der Waals surface area contributed by atoms with Crippen molar-refractivity contribution in [2.45, 2.75) is 13.8 Å². The van der Waals surface area contributed by atoms with E-state index in [2.05, 4.69) is 10.1 Å². The second kappa shape index (κ2) is 7.57. The first-order valence-corrected chi connectivity index (χ1v) is 9.60. The molecule has 0 unspecified atom stereocenters. The van der Waals surface area contributed by atoms with E-state index >= 15 is 0 Å². The van der Waals surface area contributed by atoms with Gasteiger partial charge in [-0.15, -0.1) is 0 Å². The van der Waals surface area contributed by atoms with Gasteiger partial charge in [-0.2, -0.15) is 10.1 Å². The Hall–Kier alpha value is -3.78. The smallest absolute Gasteiger partial charge is 0.280 e. The highest BCUT2D eigenvalue weighted by Gasteiger charge is 2.29. The van der Waals surface area contributed by atoms with Gasteiger partial charge >= 0.3 is 0 Å². The Balaban J connectivity index is 1.81. The van der Waals surface area contributed by atoms with Gasteiger partial charge in [0.2, 0.25) is 5.88 Å². The lowest BCUT2D eigenvalue weighted by molar-refractivity contribution is -0.114. The molecule has 7 nitrogen and oxygen atoms in total. The van der Waals surface area contributed by atoms with Crippen molar-refractivity contribution in [3.05, 3.63) is 86.4 Å². The molecule has 2 aromatic carbocycles. The van der Waals surface area contributed by atoms with E-state index in [0.29, 0.717) is 17.1 Å². The summed E-state index contributed by atoms with van der Waals surface area (Å²) in [4.78, 5) is 28.1. The molecule has 0 spiro atoms. The molecule has 8 heteroatoms. The number of anilines is 1. The van der Waals surface area contributed by atoms with Gasteiger partial charge in [-0.05, 0) is 56.4 Å². The fraction of sp³-hybridized carbons (Fsp3) is 0.0909. The fourth-order valence-corrected chi connectivity index (χ4v) is 3.46. The van der Waals surface area contributed by atoms with Gasteiger partial charge in [-0.25, -0.2) is 0 Å². The van der Waals surface area contributed by atoms with Gasteiger partial charge in [0.1, 0.15) is 5.56 Å². The van der Waals surface area contributed by atoms with Crippen LogP contribution in [-0.4, -0.2) is 26.3 Å². The van der Waals surface area contributed by atoms with Crippen molar-refractivity contribution in [2.75, 3.05) is 5.01 Å². The Bertz CT molecular complexity index is 1320. The number of aromatic hydroxyl groups is 1. The minimum Gasteiger partial charge on any atom is -0.494 e. The number of carbonyl (C=O) groups is 1. The molecule has 0 aliphatic carbocycles. The van der Waals surface area contributed by atoms with Crippen molar-refractivity contribution in [3.8, 4) is 11.6 Å². The number of amides is 1. The first-order valence-electron chi connectivity index (χ1n) is 9.19. The summed E-state index contributed by atoms with van der Waals surface area (Å²) in [5.74, 6) is -0.735. The highest BCUT2D eigenvalue weighted by Crippen LogP contribution is 2.27. The summed E-state index contributed by atoms with van der Waals surface area (Å²) in [6.07, 6.45) is 1.34. The lowest BCUT2D eigenvalue weighted by Gasteiger charge is -2.13. The summed E-state index contributed by atoms with van der Waals surface area (Å²) in [6, 6.07) is 16.3. The summed E-state index contributed by atoms with van der Waals surface area (Å²) in [6.45, 7) is 3.63. The van der Waals surface area contributed by atoms with Crippen LogP contribution >= 0.6 is 12.2 Å². The van der Waals surface area contributed by atoms with E-state index < -0.39 is 5.56 Å². The average molecular weight is 418 g/mol. The number of hydrazone groups is 1. The molecule has 4 rings (SSSR count). The van der Waals surface area contributed by atoms with Crippen molar-refractivity contribution in [1.29, 1.82) is 0 Å². The van der Waals surface area contributed by atoms with Crippen molar-refractivity contribution in [3.63, 3.8) is 0 Å². The molecule has 30 heavy (non-hydrogen) atoms. The third kappa shape index (κ3) is 3.37. The predicted molar refractivity (Wildman–Crippen MR) is 119 cm³/mol. The molecule has 150 valence electrons. The van der Waals surface area contributed by atoms with E-state index in [-0.39, 0.29) is 27.7 Å². The Morgan fingerprint density at radius 1 is 1.00 bits per heavy atom. The van der Waals surface area contributed by atoms with Gasteiger partial charge in [-0.3, -0.25) is 19.1 Å². The Morgan fingerprint density at radius 3 is 2.33 bits per heavy atom. The molecule has 1 aliphatic heterocycles. The molecule has 0 saturated heterocycles. The molecule has 0 bridgehead atoms. The molecule has 0 atom stereocenters. The van der Waals surface area contributed by atoms with E-state index in [9.17, 15) is 14.7 Å². The third-order valence-corrected chi connectivity index (χ3v) is 5.05. The molecule has 2 N–H and O–H groups in total. The first-order chi connectivity index (χ1) is 14.4. The third-order valence-electron chi connectivity index (χ3n) is 4.77. The van der Waals surface area contributed by atoms with E-state index in [0.717, 1.165) is 5.56 Å². The molecule has 3 aromatic rings. The standard InChI is InChI=1S/C22H18N4O3S/c1-13-8-10-16(11-9-13)26-21(29)17(14(2)24-26)12-18-19(27)23-22(30)25(20(18)28)15-6-4-3-5-7-15/h3-12,28H,1-2H3,(H,23,27,30)/b17-12+. The molecule has 0 fully saturated rings. The highest BCUT2D eigenvalue weighted by atomic mass is 32.1. The van der Waals surface area contributed by atoms with E-state index in [4.69, 9.17) is 12.2 Å². The Kier molecular flexibility index (Phi) is 4.93. The number of nitrogens with one attached hydrogen (secondary N) is 1. The van der Waals surface area contributed by atoms with Crippen LogP contribution in [0.25, 0.3) is 11.8 Å². The van der Waals surface area contributed by atoms with Gasteiger partial charge in [0.05, 0.1) is 22.7 Å². The van der Waals surface area contributed by atoms with Gasteiger partial charge in [0, 0.05) is 0 Å². The van der Waals surface area contributed by atoms with Crippen LogP contribution in [0, 0.1) is 11.7 Å². The van der Waals surface area contributed by atoms with Gasteiger partial charge in [0.25, 0.3) is 11.5 Å². The Labute approximate surface area is 177 Å². The molecule has 2 heterocycles. The van der Waals surface area contributed by atoms with E-state index in [1.165, 1.54) is 15.7 Å². The predicted octanol–water partition coefficient (Wildman–Crippen LogP) is 3.72. The second-order valence-corrected chi connectivity index (χ2v) is 7.25. The molecule has 0 radical (unpaired) electrons. The van der Waals surface area contributed by atoms with Crippen molar-refractivity contribution >= 4 is 35.6 Å². The first kappa shape index (κ1) is 19.5. The Morgan fingerprint density at radius 2 is 1.67 bits per heavy atom.